The summed E-state index contributed by atoms with van der Waals surface area (Å²) in [7, 11) is 0. The molecule has 0 amide bonds. The third kappa shape index (κ3) is 4.44. The highest BCUT2D eigenvalue weighted by Gasteiger charge is 2.27. The van der Waals surface area contributed by atoms with Gasteiger partial charge in [0.15, 0.2) is 0 Å². The topological polar surface area (TPSA) is 58.7 Å². The molecule has 0 spiro atoms. The Labute approximate surface area is 125 Å². The van der Waals surface area contributed by atoms with Gasteiger partial charge in [0.25, 0.3) is 0 Å². The van der Waals surface area contributed by atoms with Crippen LogP contribution in [0, 0.1) is 0 Å². The molecule has 0 aliphatic carbocycles. The number of rotatable bonds is 5. The first-order valence-electron chi connectivity index (χ1n) is 6.94. The number of piperidine rings is 1. The maximum Gasteiger partial charge on any atom is 0.120 e. The maximum atomic E-state index is 10.0. The molecule has 1 aliphatic rings. The summed E-state index contributed by atoms with van der Waals surface area (Å²) in [5.74, 6) is 0.777. The van der Waals surface area contributed by atoms with Crippen LogP contribution in [-0.2, 0) is 0 Å². The van der Waals surface area contributed by atoms with Gasteiger partial charge in [-0.1, -0.05) is 24.4 Å². The zero-order chi connectivity index (χ0) is 14.6. The van der Waals surface area contributed by atoms with E-state index in [1.165, 1.54) is 0 Å². The Kier molecular flexibility index (Phi) is 4.96. The number of hydrogen-bond donors (Lipinski definition) is 2. The van der Waals surface area contributed by atoms with E-state index < -0.39 is 5.60 Å². The van der Waals surface area contributed by atoms with Gasteiger partial charge in [-0.25, -0.2) is 0 Å². The Morgan fingerprint density at radius 2 is 2.35 bits per heavy atom. The molecule has 3 N–H and O–H groups in total. The van der Waals surface area contributed by atoms with Crippen molar-refractivity contribution in [3.05, 3.63) is 29.8 Å². The lowest BCUT2D eigenvalue weighted by atomic mass is 9.95. The fourth-order valence-electron chi connectivity index (χ4n) is 2.55. The van der Waals surface area contributed by atoms with Crippen LogP contribution in [0.25, 0.3) is 0 Å². The molecular formula is C15H22N2O2S. The van der Waals surface area contributed by atoms with Crippen LogP contribution in [0.1, 0.15) is 25.3 Å². The molecule has 1 aromatic rings. The normalized spacial score (nSPS) is 23.5. The van der Waals surface area contributed by atoms with Crippen molar-refractivity contribution < 1.29 is 9.84 Å². The van der Waals surface area contributed by atoms with Crippen LogP contribution < -0.4 is 10.5 Å². The van der Waals surface area contributed by atoms with E-state index in [9.17, 15) is 5.11 Å². The molecule has 110 valence electrons. The second-order valence-corrected chi connectivity index (χ2v) is 6.06. The van der Waals surface area contributed by atoms with E-state index in [1.54, 1.807) is 0 Å². The van der Waals surface area contributed by atoms with Gasteiger partial charge in [0.05, 0.1) is 5.60 Å². The molecule has 0 radical (unpaired) electrons. The van der Waals surface area contributed by atoms with Gasteiger partial charge in [-0.3, -0.25) is 4.90 Å². The Balaban J connectivity index is 1.81. The predicted octanol–water partition coefficient (Wildman–Crippen LogP) is 1.55. The SMILES string of the molecule is CC1(O)CCCN(CCOc2cccc(C(N)=S)c2)C1. The highest BCUT2D eigenvalue weighted by Crippen LogP contribution is 2.20. The first kappa shape index (κ1) is 15.2. The number of thiocarbonyl (C=S) groups is 1. The summed E-state index contributed by atoms with van der Waals surface area (Å²) in [6.07, 6.45) is 1.91. The van der Waals surface area contributed by atoms with Gasteiger partial charge in [0.1, 0.15) is 17.3 Å². The third-order valence-electron chi connectivity index (χ3n) is 3.55. The lowest BCUT2D eigenvalue weighted by molar-refractivity contribution is -0.0183. The zero-order valence-corrected chi connectivity index (χ0v) is 12.7. The fourth-order valence-corrected chi connectivity index (χ4v) is 2.67. The van der Waals surface area contributed by atoms with Gasteiger partial charge in [-0.15, -0.1) is 0 Å². The van der Waals surface area contributed by atoms with Crippen LogP contribution >= 0.6 is 12.2 Å². The first-order chi connectivity index (χ1) is 9.46. The van der Waals surface area contributed by atoms with Gasteiger partial charge in [0.2, 0.25) is 0 Å². The van der Waals surface area contributed by atoms with Gasteiger partial charge in [-0.05, 0) is 38.4 Å². The monoisotopic (exact) mass is 294 g/mol. The molecular weight excluding hydrogens is 272 g/mol. The quantitative estimate of drug-likeness (QED) is 0.807. The molecule has 1 saturated heterocycles. The van der Waals surface area contributed by atoms with E-state index >= 15 is 0 Å². The highest BCUT2D eigenvalue weighted by atomic mass is 32.1. The Morgan fingerprint density at radius 1 is 1.55 bits per heavy atom. The molecule has 2 rings (SSSR count). The predicted molar refractivity (Wildman–Crippen MR) is 84.1 cm³/mol. The lowest BCUT2D eigenvalue weighted by Crippen LogP contribution is -2.47. The summed E-state index contributed by atoms with van der Waals surface area (Å²) in [5, 5.41) is 10.0. The standard InChI is InChI=1S/C15H22N2O2S/c1-15(18)6-3-7-17(11-15)8-9-19-13-5-2-4-12(10-13)14(16)20/h2,4-5,10,18H,3,6-9,11H2,1H3,(H2,16,20). The van der Waals surface area contributed by atoms with Gasteiger partial charge in [0, 0.05) is 18.7 Å². The summed E-state index contributed by atoms with van der Waals surface area (Å²) < 4.78 is 5.73. The minimum Gasteiger partial charge on any atom is -0.492 e. The average molecular weight is 294 g/mol. The van der Waals surface area contributed by atoms with Crippen LogP contribution in [0.3, 0.4) is 0 Å². The van der Waals surface area contributed by atoms with Crippen LogP contribution in [0.15, 0.2) is 24.3 Å². The number of ether oxygens (including phenoxy) is 1. The summed E-state index contributed by atoms with van der Waals surface area (Å²) in [4.78, 5) is 2.61. The number of β-amino-alcohol motifs (C(OH)–C–C–N with tert-alkyl or cyclic N) is 1. The second-order valence-electron chi connectivity index (χ2n) is 5.62. The molecule has 1 atom stereocenters. The summed E-state index contributed by atoms with van der Waals surface area (Å²) in [6, 6.07) is 7.51. The zero-order valence-electron chi connectivity index (χ0n) is 11.8. The minimum absolute atomic E-state index is 0.377. The largest absolute Gasteiger partial charge is 0.492 e. The average Bonchev–Trinajstić information content (AvgIpc) is 2.38. The number of nitrogens with zero attached hydrogens (tertiary/aromatic N) is 1. The van der Waals surface area contributed by atoms with Crippen molar-refractivity contribution in [2.24, 2.45) is 5.73 Å². The molecule has 1 unspecified atom stereocenters. The van der Waals surface area contributed by atoms with E-state index in [-0.39, 0.29) is 0 Å². The van der Waals surface area contributed by atoms with Crippen molar-refractivity contribution in [1.82, 2.24) is 4.90 Å². The van der Waals surface area contributed by atoms with Crippen LogP contribution in [0.4, 0.5) is 0 Å². The van der Waals surface area contributed by atoms with Gasteiger partial charge >= 0.3 is 0 Å². The fraction of sp³-hybridized carbons (Fsp3) is 0.533. The third-order valence-corrected chi connectivity index (χ3v) is 3.78. The summed E-state index contributed by atoms with van der Waals surface area (Å²) >= 11 is 4.95. The Hall–Kier alpha value is -1.17. The molecule has 20 heavy (non-hydrogen) atoms. The molecule has 0 saturated carbocycles. The van der Waals surface area contributed by atoms with Crippen molar-refractivity contribution >= 4 is 17.2 Å². The van der Waals surface area contributed by atoms with E-state index in [2.05, 4.69) is 4.90 Å². The molecule has 1 aromatic carbocycles. The molecule has 0 bridgehead atoms. The van der Waals surface area contributed by atoms with E-state index in [1.807, 2.05) is 31.2 Å². The Morgan fingerprint density at radius 3 is 3.05 bits per heavy atom. The van der Waals surface area contributed by atoms with Crippen molar-refractivity contribution in [3.8, 4) is 5.75 Å². The van der Waals surface area contributed by atoms with Crippen molar-refractivity contribution in [3.63, 3.8) is 0 Å². The first-order valence-corrected chi connectivity index (χ1v) is 7.34. The van der Waals surface area contributed by atoms with Gasteiger partial charge in [-0.2, -0.15) is 0 Å². The maximum absolute atomic E-state index is 10.0. The molecule has 1 heterocycles. The number of benzene rings is 1. The summed E-state index contributed by atoms with van der Waals surface area (Å²) in [6.45, 7) is 5.03. The highest BCUT2D eigenvalue weighted by molar-refractivity contribution is 7.80. The van der Waals surface area contributed by atoms with E-state index in [0.29, 0.717) is 18.1 Å². The number of aliphatic hydroxyl groups is 1. The molecule has 0 aromatic heterocycles. The second kappa shape index (κ2) is 6.52. The number of nitrogens with two attached hydrogens (primary N) is 1. The van der Waals surface area contributed by atoms with Crippen molar-refractivity contribution in [2.75, 3.05) is 26.2 Å². The molecule has 4 nitrogen and oxygen atoms in total. The van der Waals surface area contributed by atoms with Crippen molar-refractivity contribution in [2.45, 2.75) is 25.4 Å². The smallest absolute Gasteiger partial charge is 0.120 e. The molecule has 5 heteroatoms. The van der Waals surface area contributed by atoms with Crippen molar-refractivity contribution in [1.29, 1.82) is 0 Å². The molecule has 1 aliphatic heterocycles. The lowest BCUT2D eigenvalue weighted by Gasteiger charge is -2.36. The Bertz CT molecular complexity index is 477. The number of likely N-dealkylation sites (tertiary alicyclic amines) is 1. The minimum atomic E-state index is -0.566. The van der Waals surface area contributed by atoms with Crippen LogP contribution in [0.2, 0.25) is 0 Å². The van der Waals surface area contributed by atoms with E-state index in [0.717, 1.165) is 37.2 Å². The van der Waals surface area contributed by atoms with Gasteiger partial charge < -0.3 is 15.6 Å². The van der Waals surface area contributed by atoms with Crippen LogP contribution in [-0.4, -0.2) is 46.8 Å². The summed E-state index contributed by atoms with van der Waals surface area (Å²) in [5.41, 5.74) is 5.85. The van der Waals surface area contributed by atoms with Crippen LogP contribution in [0.5, 0.6) is 5.75 Å². The molecule has 1 fully saturated rings. The number of hydrogen-bond acceptors (Lipinski definition) is 4. The van der Waals surface area contributed by atoms with E-state index in [4.69, 9.17) is 22.7 Å².